The van der Waals surface area contributed by atoms with Gasteiger partial charge in [-0.3, -0.25) is 5.21 Å². The highest BCUT2D eigenvalue weighted by Gasteiger charge is 2.22. The SMILES string of the molecule is CCC(C)c1ccc(N=C(NO)N2CCN(c3ncccc3F)CC2)cc1. The molecule has 2 aromatic rings. The van der Waals surface area contributed by atoms with Crippen LogP contribution in [0.2, 0.25) is 0 Å². The van der Waals surface area contributed by atoms with Gasteiger partial charge in [-0.25, -0.2) is 19.8 Å². The summed E-state index contributed by atoms with van der Waals surface area (Å²) in [6.07, 6.45) is 2.68. The first-order chi connectivity index (χ1) is 13.1. The van der Waals surface area contributed by atoms with Crippen LogP contribution in [0, 0.1) is 5.82 Å². The first-order valence-corrected chi connectivity index (χ1v) is 9.31. The number of anilines is 1. The van der Waals surface area contributed by atoms with Crippen LogP contribution in [0.3, 0.4) is 0 Å². The van der Waals surface area contributed by atoms with Crippen LogP contribution in [-0.4, -0.2) is 47.2 Å². The van der Waals surface area contributed by atoms with Gasteiger partial charge in [0.05, 0.1) is 5.69 Å². The second-order valence-corrected chi connectivity index (χ2v) is 6.73. The van der Waals surface area contributed by atoms with Crippen molar-refractivity contribution in [2.24, 2.45) is 4.99 Å². The largest absolute Gasteiger partial charge is 0.351 e. The van der Waals surface area contributed by atoms with Gasteiger partial charge in [-0.2, -0.15) is 0 Å². The van der Waals surface area contributed by atoms with E-state index in [0.717, 1.165) is 12.1 Å². The molecule has 1 aromatic heterocycles. The summed E-state index contributed by atoms with van der Waals surface area (Å²) in [6.45, 7) is 6.77. The molecule has 2 heterocycles. The van der Waals surface area contributed by atoms with Crippen LogP contribution in [-0.2, 0) is 0 Å². The first-order valence-electron chi connectivity index (χ1n) is 9.31. The molecule has 1 aromatic carbocycles. The summed E-state index contributed by atoms with van der Waals surface area (Å²) in [5.41, 5.74) is 4.26. The number of benzene rings is 1. The molecule has 1 aliphatic heterocycles. The average Bonchev–Trinajstić information content (AvgIpc) is 2.72. The molecule has 0 aliphatic carbocycles. The summed E-state index contributed by atoms with van der Waals surface area (Å²) in [4.78, 5) is 12.5. The van der Waals surface area contributed by atoms with Gasteiger partial charge in [0.2, 0.25) is 5.96 Å². The van der Waals surface area contributed by atoms with Crippen LogP contribution >= 0.6 is 0 Å². The molecule has 1 atom stereocenters. The van der Waals surface area contributed by atoms with Crippen molar-refractivity contribution in [2.75, 3.05) is 31.1 Å². The smallest absolute Gasteiger partial charge is 0.223 e. The van der Waals surface area contributed by atoms with Crippen molar-refractivity contribution in [1.82, 2.24) is 15.4 Å². The minimum atomic E-state index is -0.318. The Kier molecular flexibility index (Phi) is 6.24. The zero-order valence-electron chi connectivity index (χ0n) is 15.8. The topological polar surface area (TPSA) is 64.0 Å². The molecule has 0 radical (unpaired) electrons. The lowest BCUT2D eigenvalue weighted by Gasteiger charge is -2.36. The average molecular weight is 371 g/mol. The minimum Gasteiger partial charge on any atom is -0.351 e. The maximum atomic E-state index is 13.9. The van der Waals surface area contributed by atoms with E-state index >= 15 is 0 Å². The lowest BCUT2D eigenvalue weighted by Crippen LogP contribution is -2.52. The number of hydroxylamine groups is 1. The molecule has 1 aliphatic rings. The van der Waals surface area contributed by atoms with Crippen molar-refractivity contribution < 1.29 is 9.60 Å². The van der Waals surface area contributed by atoms with Gasteiger partial charge in [-0.05, 0) is 42.2 Å². The van der Waals surface area contributed by atoms with Crippen LogP contribution in [0.5, 0.6) is 0 Å². The number of rotatable bonds is 4. The van der Waals surface area contributed by atoms with Gasteiger partial charge in [0.25, 0.3) is 0 Å². The van der Waals surface area contributed by atoms with Crippen molar-refractivity contribution in [3.63, 3.8) is 0 Å². The molecule has 0 saturated carbocycles. The number of nitrogens with zero attached hydrogens (tertiary/aromatic N) is 4. The monoisotopic (exact) mass is 371 g/mol. The predicted molar refractivity (Wildman–Crippen MR) is 105 cm³/mol. The Morgan fingerprint density at radius 2 is 1.93 bits per heavy atom. The van der Waals surface area contributed by atoms with Crippen molar-refractivity contribution in [1.29, 1.82) is 0 Å². The van der Waals surface area contributed by atoms with Crippen LogP contribution in [0.25, 0.3) is 0 Å². The third-order valence-electron chi connectivity index (χ3n) is 5.03. The highest BCUT2D eigenvalue weighted by atomic mass is 19.1. The molecule has 6 nitrogen and oxygen atoms in total. The lowest BCUT2D eigenvalue weighted by atomic mass is 9.99. The van der Waals surface area contributed by atoms with Gasteiger partial charge >= 0.3 is 0 Å². The fraction of sp³-hybridized carbons (Fsp3) is 0.400. The molecule has 1 saturated heterocycles. The van der Waals surface area contributed by atoms with Crippen LogP contribution in [0.1, 0.15) is 31.7 Å². The van der Waals surface area contributed by atoms with E-state index in [4.69, 9.17) is 0 Å². The van der Waals surface area contributed by atoms with Crippen LogP contribution < -0.4 is 10.4 Å². The highest BCUT2D eigenvalue weighted by Crippen LogP contribution is 2.22. The molecule has 144 valence electrons. The molecule has 1 fully saturated rings. The normalized spacial score (nSPS) is 16.4. The van der Waals surface area contributed by atoms with Gasteiger partial charge < -0.3 is 9.80 Å². The Morgan fingerprint density at radius 1 is 1.22 bits per heavy atom. The van der Waals surface area contributed by atoms with E-state index < -0.39 is 0 Å². The summed E-state index contributed by atoms with van der Waals surface area (Å²) < 4.78 is 13.9. The van der Waals surface area contributed by atoms with Gasteiger partial charge in [0.1, 0.15) is 0 Å². The molecular formula is C20H26FN5O. The van der Waals surface area contributed by atoms with Crippen molar-refractivity contribution in [3.05, 3.63) is 54.0 Å². The molecule has 0 spiro atoms. The van der Waals surface area contributed by atoms with Gasteiger partial charge in [0, 0.05) is 32.4 Å². The van der Waals surface area contributed by atoms with Crippen LogP contribution in [0.4, 0.5) is 15.9 Å². The van der Waals surface area contributed by atoms with Crippen LogP contribution in [0.15, 0.2) is 47.6 Å². The number of guanidine groups is 1. The summed E-state index contributed by atoms with van der Waals surface area (Å²) in [5, 5.41) is 9.54. The number of aliphatic imine (C=N–C) groups is 1. The van der Waals surface area contributed by atoms with Gasteiger partial charge in [-0.1, -0.05) is 26.0 Å². The molecule has 1 unspecified atom stereocenters. The van der Waals surface area contributed by atoms with Gasteiger partial charge in [-0.15, -0.1) is 0 Å². The van der Waals surface area contributed by atoms with Gasteiger partial charge in [0.15, 0.2) is 11.6 Å². The highest BCUT2D eigenvalue weighted by molar-refractivity contribution is 5.82. The number of piperazine rings is 1. The second kappa shape index (κ2) is 8.81. The van der Waals surface area contributed by atoms with Crippen molar-refractivity contribution >= 4 is 17.5 Å². The third-order valence-corrected chi connectivity index (χ3v) is 5.03. The third kappa shape index (κ3) is 4.54. The van der Waals surface area contributed by atoms with E-state index in [1.807, 2.05) is 21.9 Å². The zero-order chi connectivity index (χ0) is 19.2. The number of pyridine rings is 1. The molecule has 7 heteroatoms. The molecule has 3 rings (SSSR count). The first kappa shape index (κ1) is 19.1. The van der Waals surface area contributed by atoms with Crippen molar-refractivity contribution in [2.45, 2.75) is 26.2 Å². The number of aromatic nitrogens is 1. The molecule has 0 bridgehead atoms. The summed E-state index contributed by atoms with van der Waals surface area (Å²) in [6, 6.07) is 11.1. The fourth-order valence-corrected chi connectivity index (χ4v) is 3.14. The molecule has 2 N–H and O–H groups in total. The van der Waals surface area contributed by atoms with E-state index in [1.165, 1.54) is 11.6 Å². The Morgan fingerprint density at radius 3 is 2.52 bits per heavy atom. The number of nitrogens with one attached hydrogen (secondary N) is 1. The standard InChI is InChI=1S/C20H26FN5O/c1-3-15(2)16-6-8-17(9-7-16)23-20(24-27)26-13-11-25(12-14-26)19-18(21)5-4-10-22-19/h4-10,15,27H,3,11-14H2,1-2H3,(H,23,24). The fourth-order valence-electron chi connectivity index (χ4n) is 3.14. The quantitative estimate of drug-likeness (QED) is 0.489. The Hall–Kier alpha value is -2.67. The maximum absolute atomic E-state index is 13.9. The summed E-state index contributed by atoms with van der Waals surface area (Å²) >= 11 is 0. The minimum absolute atomic E-state index is 0.318. The summed E-state index contributed by atoms with van der Waals surface area (Å²) in [7, 11) is 0. The van der Waals surface area contributed by atoms with E-state index in [1.54, 1.807) is 12.3 Å². The molecule has 0 amide bonds. The molecular weight excluding hydrogens is 345 g/mol. The second-order valence-electron chi connectivity index (χ2n) is 6.73. The molecule has 27 heavy (non-hydrogen) atoms. The van der Waals surface area contributed by atoms with E-state index in [2.05, 4.69) is 41.4 Å². The van der Waals surface area contributed by atoms with E-state index in [9.17, 15) is 9.60 Å². The maximum Gasteiger partial charge on any atom is 0.223 e. The van der Waals surface area contributed by atoms with E-state index in [-0.39, 0.29) is 5.82 Å². The number of halogens is 1. The van der Waals surface area contributed by atoms with Crippen molar-refractivity contribution in [3.8, 4) is 0 Å². The van der Waals surface area contributed by atoms with E-state index in [0.29, 0.717) is 43.9 Å². The Labute approximate surface area is 159 Å². The predicted octanol–water partition coefficient (Wildman–Crippen LogP) is 3.52. The lowest BCUT2D eigenvalue weighted by molar-refractivity contribution is 0.207. The number of hydrogen-bond donors (Lipinski definition) is 2. The Balaban J connectivity index is 1.66. The zero-order valence-corrected chi connectivity index (χ0v) is 15.8. The summed E-state index contributed by atoms with van der Waals surface area (Å²) in [5.74, 6) is 0.959. The Bertz CT molecular complexity index is 772. The number of hydrogen-bond acceptors (Lipinski definition) is 4.